The summed E-state index contributed by atoms with van der Waals surface area (Å²) in [5.74, 6) is -0.0618. The predicted molar refractivity (Wildman–Crippen MR) is 116 cm³/mol. The SMILES string of the molecule is COc1cccc(CC(=O)NN=Cc2ccncc2OS(=O)(=O)c2ccc(C(F)(F)F)cc2)c1. The van der Waals surface area contributed by atoms with E-state index in [-0.39, 0.29) is 17.7 Å². The maximum atomic E-state index is 12.7. The molecule has 8 nitrogen and oxygen atoms in total. The lowest BCUT2D eigenvalue weighted by molar-refractivity contribution is -0.137. The fourth-order valence-electron chi connectivity index (χ4n) is 2.73. The van der Waals surface area contributed by atoms with Gasteiger partial charge in [-0.2, -0.15) is 26.7 Å². The number of hydrogen-bond donors (Lipinski definition) is 1. The molecular formula is C22H18F3N3O5S. The second kappa shape index (κ2) is 10.3. The number of carbonyl (C=O) groups is 1. The van der Waals surface area contributed by atoms with E-state index in [4.69, 9.17) is 8.92 Å². The largest absolute Gasteiger partial charge is 0.497 e. The van der Waals surface area contributed by atoms with Crippen molar-refractivity contribution < 1.29 is 35.3 Å². The van der Waals surface area contributed by atoms with Gasteiger partial charge in [-0.1, -0.05) is 12.1 Å². The number of hydrogen-bond acceptors (Lipinski definition) is 7. The number of halogens is 3. The highest BCUT2D eigenvalue weighted by atomic mass is 32.2. The molecule has 0 fully saturated rings. The third kappa shape index (κ3) is 6.54. The van der Waals surface area contributed by atoms with Crippen molar-refractivity contribution in [2.75, 3.05) is 7.11 Å². The van der Waals surface area contributed by atoms with Crippen LogP contribution in [0.15, 0.2) is 77.0 Å². The Morgan fingerprint density at radius 1 is 1.15 bits per heavy atom. The van der Waals surface area contributed by atoms with E-state index in [0.29, 0.717) is 23.4 Å². The van der Waals surface area contributed by atoms with Crippen molar-refractivity contribution in [1.82, 2.24) is 10.4 Å². The predicted octanol–water partition coefficient (Wildman–Crippen LogP) is 3.57. The Bertz CT molecular complexity index is 1290. The highest BCUT2D eigenvalue weighted by Gasteiger charge is 2.31. The average Bonchev–Trinajstić information content (AvgIpc) is 2.79. The number of alkyl halides is 3. The highest BCUT2D eigenvalue weighted by molar-refractivity contribution is 7.87. The maximum absolute atomic E-state index is 12.7. The number of amides is 1. The fraction of sp³-hybridized carbons (Fsp3) is 0.136. The summed E-state index contributed by atoms with van der Waals surface area (Å²) in [6.07, 6.45) is -0.982. The summed E-state index contributed by atoms with van der Waals surface area (Å²) in [4.78, 5) is 15.4. The topological polar surface area (TPSA) is 107 Å². The van der Waals surface area contributed by atoms with Crippen molar-refractivity contribution in [2.45, 2.75) is 17.5 Å². The van der Waals surface area contributed by atoms with E-state index in [1.807, 2.05) is 0 Å². The molecule has 0 aliphatic heterocycles. The average molecular weight is 493 g/mol. The van der Waals surface area contributed by atoms with Crippen LogP contribution in [0.1, 0.15) is 16.7 Å². The molecule has 178 valence electrons. The Labute approximate surface area is 193 Å². The Morgan fingerprint density at radius 2 is 1.88 bits per heavy atom. The van der Waals surface area contributed by atoms with Gasteiger partial charge in [-0.05, 0) is 48.0 Å². The summed E-state index contributed by atoms with van der Waals surface area (Å²) in [6.45, 7) is 0. The van der Waals surface area contributed by atoms with Gasteiger partial charge in [0.15, 0.2) is 5.75 Å². The smallest absolute Gasteiger partial charge is 0.416 e. The molecule has 1 N–H and O–H groups in total. The van der Waals surface area contributed by atoms with E-state index in [1.54, 1.807) is 24.3 Å². The van der Waals surface area contributed by atoms with Gasteiger partial charge >= 0.3 is 16.3 Å². The molecule has 34 heavy (non-hydrogen) atoms. The Morgan fingerprint density at radius 3 is 2.56 bits per heavy atom. The molecule has 0 unspecified atom stereocenters. The molecular weight excluding hydrogens is 475 g/mol. The molecule has 0 bridgehead atoms. The van der Waals surface area contributed by atoms with Crippen molar-refractivity contribution in [3.8, 4) is 11.5 Å². The number of nitrogens with one attached hydrogen (secondary N) is 1. The minimum absolute atomic E-state index is 0.0243. The molecule has 0 spiro atoms. The molecule has 12 heteroatoms. The van der Waals surface area contributed by atoms with Gasteiger partial charge in [-0.25, -0.2) is 5.43 Å². The van der Waals surface area contributed by atoms with Crippen molar-refractivity contribution in [2.24, 2.45) is 5.10 Å². The van der Waals surface area contributed by atoms with Crippen LogP contribution in [0.3, 0.4) is 0 Å². The summed E-state index contributed by atoms with van der Waals surface area (Å²) >= 11 is 0. The highest BCUT2D eigenvalue weighted by Crippen LogP contribution is 2.30. The standard InChI is InChI=1S/C22H18F3N3O5S/c1-32-18-4-2-3-15(11-18)12-21(29)28-27-13-16-9-10-26-14-20(16)33-34(30,31)19-7-5-17(6-8-19)22(23,24)25/h2-11,13-14H,12H2,1H3,(H,28,29). The van der Waals surface area contributed by atoms with Crippen LogP contribution in [-0.4, -0.2) is 32.6 Å². The van der Waals surface area contributed by atoms with E-state index >= 15 is 0 Å². The van der Waals surface area contributed by atoms with E-state index in [2.05, 4.69) is 15.5 Å². The summed E-state index contributed by atoms with van der Waals surface area (Å²) in [5.41, 5.74) is 2.18. The van der Waals surface area contributed by atoms with Crippen LogP contribution in [0.2, 0.25) is 0 Å². The quantitative estimate of drug-likeness (QED) is 0.292. The van der Waals surface area contributed by atoms with Gasteiger partial charge in [0.25, 0.3) is 0 Å². The molecule has 3 aromatic rings. The van der Waals surface area contributed by atoms with Crippen LogP contribution in [0.4, 0.5) is 13.2 Å². The second-order valence-corrected chi connectivity index (χ2v) is 8.34. The van der Waals surface area contributed by atoms with Crippen LogP contribution in [-0.2, 0) is 27.5 Å². The summed E-state index contributed by atoms with van der Waals surface area (Å²) in [5, 5.41) is 3.80. The number of nitrogens with zero attached hydrogens (tertiary/aromatic N) is 2. The van der Waals surface area contributed by atoms with Crippen molar-refractivity contribution >= 4 is 22.2 Å². The summed E-state index contributed by atoms with van der Waals surface area (Å²) in [7, 11) is -2.95. The number of hydrazone groups is 1. The van der Waals surface area contributed by atoms with Gasteiger partial charge in [-0.3, -0.25) is 9.78 Å². The molecule has 2 aromatic carbocycles. The first-order valence-corrected chi connectivity index (χ1v) is 11.0. The molecule has 3 rings (SSSR count). The zero-order valence-corrected chi connectivity index (χ0v) is 18.4. The first-order valence-electron chi connectivity index (χ1n) is 9.59. The van der Waals surface area contributed by atoms with Crippen molar-refractivity contribution in [3.63, 3.8) is 0 Å². The number of rotatable bonds is 8. The Kier molecular flexibility index (Phi) is 7.51. The lowest BCUT2D eigenvalue weighted by Crippen LogP contribution is -2.20. The van der Waals surface area contributed by atoms with Gasteiger partial charge in [0, 0.05) is 11.8 Å². The zero-order chi connectivity index (χ0) is 24.8. The second-order valence-electron chi connectivity index (χ2n) is 6.79. The number of benzene rings is 2. The molecule has 0 aliphatic carbocycles. The van der Waals surface area contributed by atoms with Gasteiger partial charge < -0.3 is 8.92 Å². The van der Waals surface area contributed by atoms with Gasteiger partial charge in [-0.15, -0.1) is 0 Å². The molecule has 0 saturated heterocycles. The first kappa shape index (κ1) is 24.7. The molecule has 0 aliphatic rings. The van der Waals surface area contributed by atoms with Crippen molar-refractivity contribution in [1.29, 1.82) is 0 Å². The molecule has 0 radical (unpaired) electrons. The number of aromatic nitrogens is 1. The fourth-order valence-corrected chi connectivity index (χ4v) is 3.67. The van der Waals surface area contributed by atoms with Gasteiger partial charge in [0.1, 0.15) is 10.6 Å². The zero-order valence-electron chi connectivity index (χ0n) is 17.6. The van der Waals surface area contributed by atoms with Crippen LogP contribution in [0.5, 0.6) is 11.5 Å². The van der Waals surface area contributed by atoms with E-state index in [0.717, 1.165) is 24.5 Å². The molecule has 0 saturated carbocycles. The number of pyridine rings is 1. The summed E-state index contributed by atoms with van der Waals surface area (Å²) < 4.78 is 73.3. The Balaban J connectivity index is 1.69. The monoisotopic (exact) mass is 493 g/mol. The van der Waals surface area contributed by atoms with Gasteiger partial charge in [0.2, 0.25) is 5.91 Å². The minimum atomic E-state index is -4.60. The van der Waals surface area contributed by atoms with Crippen LogP contribution < -0.4 is 14.3 Å². The van der Waals surface area contributed by atoms with Crippen LogP contribution in [0.25, 0.3) is 0 Å². The third-order valence-corrected chi connectivity index (χ3v) is 5.63. The molecule has 1 amide bonds. The number of ether oxygens (including phenoxy) is 1. The van der Waals surface area contributed by atoms with E-state index in [1.165, 1.54) is 19.4 Å². The lowest BCUT2D eigenvalue weighted by Gasteiger charge is -2.10. The first-order chi connectivity index (χ1) is 16.1. The van der Waals surface area contributed by atoms with Gasteiger partial charge in [0.05, 0.1) is 31.5 Å². The Hall–Kier alpha value is -3.93. The normalized spacial score (nSPS) is 11.9. The minimum Gasteiger partial charge on any atom is -0.497 e. The molecule has 0 atom stereocenters. The van der Waals surface area contributed by atoms with Crippen LogP contribution >= 0.6 is 0 Å². The molecule has 1 heterocycles. The van der Waals surface area contributed by atoms with Crippen molar-refractivity contribution in [3.05, 3.63) is 83.7 Å². The molecule has 1 aromatic heterocycles. The van der Waals surface area contributed by atoms with Crippen LogP contribution in [0, 0.1) is 0 Å². The van der Waals surface area contributed by atoms with E-state index < -0.39 is 32.7 Å². The number of carbonyl (C=O) groups excluding carboxylic acids is 1. The summed E-state index contributed by atoms with van der Waals surface area (Å²) in [6, 6.07) is 11.2. The number of methoxy groups -OCH3 is 1. The van der Waals surface area contributed by atoms with E-state index in [9.17, 15) is 26.4 Å². The third-order valence-electron chi connectivity index (χ3n) is 4.38. The lowest BCUT2D eigenvalue weighted by atomic mass is 10.1. The maximum Gasteiger partial charge on any atom is 0.416 e.